The first kappa shape index (κ1) is 36.0. The summed E-state index contributed by atoms with van der Waals surface area (Å²) in [6.45, 7) is 4.76. The van der Waals surface area contributed by atoms with Crippen molar-refractivity contribution in [1.29, 1.82) is 5.41 Å². The molecule has 0 unspecified atom stereocenters. The highest BCUT2D eigenvalue weighted by Gasteiger charge is 2.39. The molecule has 59 heavy (non-hydrogen) atoms. The number of aliphatic imine (C=N–C) groups is 1. The molecule has 0 radical (unpaired) electrons. The molecule has 9 aromatic carbocycles. The van der Waals surface area contributed by atoms with E-state index in [9.17, 15) is 0 Å². The van der Waals surface area contributed by atoms with E-state index in [0.29, 0.717) is 5.71 Å². The zero-order valence-corrected chi connectivity index (χ0v) is 33.2. The fraction of sp³-hybridized carbons (Fsp3) is 0.0526. The van der Waals surface area contributed by atoms with Crippen molar-refractivity contribution in [1.82, 2.24) is 0 Å². The maximum atomic E-state index is 9.11. The fourth-order valence-corrected chi connectivity index (χ4v) is 9.15. The lowest BCUT2D eigenvalue weighted by atomic mass is 9.77. The highest BCUT2D eigenvalue weighted by Crippen LogP contribution is 2.54. The molecule has 2 nitrogen and oxygen atoms in total. The second-order valence-electron chi connectivity index (χ2n) is 15.9. The largest absolute Gasteiger partial charge is 0.300 e. The van der Waals surface area contributed by atoms with Gasteiger partial charge in [-0.25, -0.2) is 0 Å². The van der Waals surface area contributed by atoms with Gasteiger partial charge in [-0.15, -0.1) is 0 Å². The molecule has 1 aliphatic rings. The van der Waals surface area contributed by atoms with Gasteiger partial charge in [-0.05, 0) is 94.9 Å². The maximum absolute atomic E-state index is 9.11. The summed E-state index contributed by atoms with van der Waals surface area (Å²) in [5.41, 5.74) is 16.2. The van der Waals surface area contributed by atoms with Gasteiger partial charge in [-0.2, -0.15) is 0 Å². The SMILES string of the molecule is CC1(C)c2c(cccc2-c2ccc(C=N/C(=C\C(=N)c3ccccc3)c3cccc(-c4ccc(-c5ccccc5)cc4)c3)c3ccccc23)-c2ccc3ccccc3c21. The highest BCUT2D eigenvalue weighted by atomic mass is 14.7. The lowest BCUT2D eigenvalue weighted by molar-refractivity contribution is 0.668. The van der Waals surface area contributed by atoms with Crippen molar-refractivity contribution >= 4 is 39.2 Å². The summed E-state index contributed by atoms with van der Waals surface area (Å²) in [5.74, 6) is 0. The van der Waals surface area contributed by atoms with Crippen LogP contribution in [0.15, 0.2) is 211 Å². The van der Waals surface area contributed by atoms with E-state index in [-0.39, 0.29) is 5.41 Å². The first-order valence-electron chi connectivity index (χ1n) is 20.3. The first-order valence-corrected chi connectivity index (χ1v) is 20.3. The molecule has 0 amide bonds. The van der Waals surface area contributed by atoms with Gasteiger partial charge in [0.1, 0.15) is 0 Å². The van der Waals surface area contributed by atoms with Crippen LogP contribution in [0.1, 0.15) is 41.7 Å². The molecule has 10 rings (SSSR count). The summed E-state index contributed by atoms with van der Waals surface area (Å²) in [7, 11) is 0. The number of hydrogen-bond acceptors (Lipinski definition) is 2. The second kappa shape index (κ2) is 14.8. The fourth-order valence-electron chi connectivity index (χ4n) is 9.15. The van der Waals surface area contributed by atoms with Crippen LogP contribution in [0.5, 0.6) is 0 Å². The first-order chi connectivity index (χ1) is 28.9. The summed E-state index contributed by atoms with van der Waals surface area (Å²) in [4.78, 5) is 5.20. The van der Waals surface area contributed by atoms with Crippen LogP contribution in [0, 0.1) is 5.41 Å². The number of benzene rings is 9. The predicted molar refractivity (Wildman–Crippen MR) is 251 cm³/mol. The Morgan fingerprint density at radius 1 is 0.441 bits per heavy atom. The number of rotatable bonds is 8. The van der Waals surface area contributed by atoms with Gasteiger partial charge >= 0.3 is 0 Å². The third-order valence-corrected chi connectivity index (χ3v) is 12.0. The third-order valence-electron chi connectivity index (χ3n) is 12.0. The molecule has 1 aliphatic carbocycles. The Hall–Kier alpha value is -7.42. The number of nitrogens with zero attached hydrogens (tertiary/aromatic N) is 1. The molecule has 0 atom stereocenters. The number of fused-ring (bicyclic) bond motifs is 6. The zero-order valence-electron chi connectivity index (χ0n) is 33.2. The van der Waals surface area contributed by atoms with Gasteiger partial charge in [0.15, 0.2) is 0 Å². The van der Waals surface area contributed by atoms with Gasteiger partial charge in [-0.3, -0.25) is 4.99 Å². The molecule has 0 heterocycles. The minimum atomic E-state index is -0.190. The van der Waals surface area contributed by atoms with Gasteiger partial charge in [0.25, 0.3) is 0 Å². The number of allylic oxidation sites excluding steroid dienone is 1. The van der Waals surface area contributed by atoms with Crippen molar-refractivity contribution in [3.05, 3.63) is 234 Å². The van der Waals surface area contributed by atoms with E-state index in [1.165, 1.54) is 60.7 Å². The van der Waals surface area contributed by atoms with Crippen LogP contribution < -0.4 is 0 Å². The molecule has 0 saturated carbocycles. The predicted octanol–water partition coefficient (Wildman–Crippen LogP) is 14.8. The Bertz CT molecular complexity index is 3110. The summed E-state index contributed by atoms with van der Waals surface area (Å²) >= 11 is 0. The van der Waals surface area contributed by atoms with E-state index in [0.717, 1.165) is 38.9 Å². The molecule has 280 valence electrons. The van der Waals surface area contributed by atoms with Gasteiger partial charge in [0.05, 0.1) is 11.4 Å². The van der Waals surface area contributed by atoms with Crippen LogP contribution in [0.2, 0.25) is 0 Å². The molecule has 0 aliphatic heterocycles. The van der Waals surface area contributed by atoms with Crippen molar-refractivity contribution in [2.24, 2.45) is 4.99 Å². The van der Waals surface area contributed by atoms with E-state index in [1.54, 1.807) is 0 Å². The summed E-state index contributed by atoms with van der Waals surface area (Å²) in [6.07, 6.45) is 3.86. The lowest BCUT2D eigenvalue weighted by Gasteiger charge is -2.26. The lowest BCUT2D eigenvalue weighted by Crippen LogP contribution is -2.17. The monoisotopic (exact) mass is 754 g/mol. The topological polar surface area (TPSA) is 36.2 Å². The van der Waals surface area contributed by atoms with E-state index in [4.69, 9.17) is 10.4 Å². The van der Waals surface area contributed by atoms with Crippen LogP contribution in [-0.2, 0) is 5.41 Å². The quantitative estimate of drug-likeness (QED) is 0.150. The van der Waals surface area contributed by atoms with Gasteiger partial charge in [0.2, 0.25) is 0 Å². The molecular weight excluding hydrogens is 713 g/mol. The molecule has 2 heteroatoms. The molecule has 0 aromatic heterocycles. The van der Waals surface area contributed by atoms with E-state index in [1.807, 2.05) is 48.7 Å². The van der Waals surface area contributed by atoms with E-state index >= 15 is 0 Å². The summed E-state index contributed by atoms with van der Waals surface area (Å²) in [6, 6.07) is 70.8. The summed E-state index contributed by atoms with van der Waals surface area (Å²) < 4.78 is 0. The molecule has 1 N–H and O–H groups in total. The van der Waals surface area contributed by atoms with Crippen molar-refractivity contribution in [3.8, 4) is 44.5 Å². The van der Waals surface area contributed by atoms with Crippen molar-refractivity contribution < 1.29 is 0 Å². The van der Waals surface area contributed by atoms with Gasteiger partial charge in [0, 0.05) is 22.8 Å². The Balaban J connectivity index is 1.05. The van der Waals surface area contributed by atoms with Crippen LogP contribution in [-0.4, -0.2) is 11.9 Å². The van der Waals surface area contributed by atoms with E-state index in [2.05, 4.69) is 178 Å². The Labute approximate surface area is 346 Å². The smallest absolute Gasteiger partial charge is 0.0723 e. The number of hydrogen-bond donors (Lipinski definition) is 1. The second-order valence-corrected chi connectivity index (χ2v) is 15.9. The standard InChI is InChI=1S/C57H42N2/c1-57(2)55-47-23-10-9-17-41(47)31-34-52(55)51-26-14-25-50(56(51)57)49-33-32-45(46-22-11-12-24-48(46)49)37-59-54(36-53(58)42-18-7-4-8-19-42)44-21-13-20-43(35-44)40-29-27-39(28-30-40)38-15-5-3-6-16-38/h3-37,58H,1-2H3/b54-36-,58-53?,59-37?. The Morgan fingerprint density at radius 2 is 0.983 bits per heavy atom. The van der Waals surface area contributed by atoms with Gasteiger partial charge in [-0.1, -0.05) is 208 Å². The maximum Gasteiger partial charge on any atom is 0.0723 e. The molecule has 0 spiro atoms. The average Bonchev–Trinajstić information content (AvgIpc) is 3.54. The molecule has 0 bridgehead atoms. The van der Waals surface area contributed by atoms with Gasteiger partial charge < -0.3 is 5.41 Å². The minimum absolute atomic E-state index is 0.190. The molecule has 0 saturated heterocycles. The number of nitrogens with one attached hydrogen (secondary N) is 1. The third kappa shape index (κ3) is 6.49. The van der Waals surface area contributed by atoms with Crippen molar-refractivity contribution in [3.63, 3.8) is 0 Å². The van der Waals surface area contributed by atoms with Crippen molar-refractivity contribution in [2.45, 2.75) is 19.3 Å². The Kier molecular flexibility index (Phi) is 9.03. The van der Waals surface area contributed by atoms with Crippen LogP contribution >= 0.6 is 0 Å². The molecular formula is C57H42N2. The van der Waals surface area contributed by atoms with E-state index < -0.39 is 0 Å². The van der Waals surface area contributed by atoms with Crippen LogP contribution in [0.4, 0.5) is 0 Å². The Morgan fingerprint density at radius 3 is 1.75 bits per heavy atom. The highest BCUT2D eigenvalue weighted by molar-refractivity contribution is 6.12. The minimum Gasteiger partial charge on any atom is -0.300 e. The summed E-state index contributed by atoms with van der Waals surface area (Å²) in [5, 5.41) is 14.0. The van der Waals surface area contributed by atoms with Crippen molar-refractivity contribution in [2.75, 3.05) is 0 Å². The normalized spacial score (nSPS) is 13.2. The zero-order chi connectivity index (χ0) is 39.9. The van der Waals surface area contributed by atoms with Crippen LogP contribution in [0.3, 0.4) is 0 Å². The molecule has 0 fully saturated rings. The van der Waals surface area contributed by atoms with Crippen LogP contribution in [0.25, 0.3) is 71.7 Å². The molecule has 9 aromatic rings. The average molecular weight is 755 g/mol.